The van der Waals surface area contributed by atoms with Crippen molar-refractivity contribution in [2.75, 3.05) is 18.4 Å². The van der Waals surface area contributed by atoms with E-state index in [1.165, 1.54) is 35.4 Å². The van der Waals surface area contributed by atoms with Crippen molar-refractivity contribution in [3.8, 4) is 0 Å². The van der Waals surface area contributed by atoms with Crippen molar-refractivity contribution in [2.24, 2.45) is 0 Å². The Kier molecular flexibility index (Phi) is 8.03. The van der Waals surface area contributed by atoms with Crippen LogP contribution in [0.4, 0.5) is 5.82 Å². The maximum Gasteiger partial charge on any atom is 0.267 e. The molecule has 1 N–H and O–H groups in total. The van der Waals surface area contributed by atoms with E-state index in [-0.39, 0.29) is 11.5 Å². The number of carbonyl (C=O) groups is 1. The zero-order chi connectivity index (χ0) is 22.4. The van der Waals surface area contributed by atoms with Crippen LogP contribution in [0.25, 0.3) is 11.7 Å². The molecule has 0 unspecified atom stereocenters. The summed E-state index contributed by atoms with van der Waals surface area (Å²) in [5.41, 5.74) is 1.58. The van der Waals surface area contributed by atoms with Crippen molar-refractivity contribution in [2.45, 2.75) is 46.0 Å². The number of thiocarbonyl (C=S) groups is 1. The molecule has 1 aliphatic rings. The summed E-state index contributed by atoms with van der Waals surface area (Å²) in [6.07, 6.45) is 10.6. The van der Waals surface area contributed by atoms with Crippen LogP contribution in [0.1, 0.15) is 50.2 Å². The number of amides is 1. The molecule has 1 fully saturated rings. The third-order valence-electron chi connectivity index (χ3n) is 5.13. The van der Waals surface area contributed by atoms with Gasteiger partial charge in [-0.25, -0.2) is 4.98 Å². The Hall–Kier alpha value is -2.45. The van der Waals surface area contributed by atoms with Crippen LogP contribution in [-0.4, -0.2) is 37.6 Å². The minimum absolute atomic E-state index is 0.145. The predicted molar refractivity (Wildman–Crippen MR) is 134 cm³/mol. The number of thioether (sulfide) groups is 1. The van der Waals surface area contributed by atoms with Crippen molar-refractivity contribution in [3.05, 3.63) is 57.4 Å². The smallest absolute Gasteiger partial charge is 0.267 e. The molecule has 0 aliphatic carbocycles. The number of carbonyl (C=O) groups excluding carboxylic acids is 1. The summed E-state index contributed by atoms with van der Waals surface area (Å²) in [5, 5.41) is 3.13. The number of hydrogen-bond acceptors (Lipinski definition) is 6. The summed E-state index contributed by atoms with van der Waals surface area (Å²) in [4.78, 5) is 33.0. The lowest BCUT2D eigenvalue weighted by molar-refractivity contribution is -0.122. The average Bonchev–Trinajstić information content (AvgIpc) is 3.02. The van der Waals surface area contributed by atoms with Crippen molar-refractivity contribution < 1.29 is 4.79 Å². The van der Waals surface area contributed by atoms with E-state index in [0.29, 0.717) is 39.3 Å². The van der Waals surface area contributed by atoms with Crippen LogP contribution in [0.15, 0.2) is 40.7 Å². The molecule has 0 saturated carbocycles. The maximum atomic E-state index is 13.2. The van der Waals surface area contributed by atoms with Crippen molar-refractivity contribution in [3.63, 3.8) is 0 Å². The van der Waals surface area contributed by atoms with Crippen molar-refractivity contribution in [1.29, 1.82) is 0 Å². The van der Waals surface area contributed by atoms with Gasteiger partial charge in [0.15, 0.2) is 0 Å². The first-order valence-corrected chi connectivity index (χ1v) is 11.8. The second-order valence-corrected chi connectivity index (χ2v) is 9.16. The number of pyridine rings is 1. The molecule has 2 aromatic heterocycles. The van der Waals surface area contributed by atoms with E-state index in [4.69, 9.17) is 12.2 Å². The van der Waals surface area contributed by atoms with E-state index < -0.39 is 0 Å². The Bertz CT molecular complexity index is 1090. The van der Waals surface area contributed by atoms with Gasteiger partial charge >= 0.3 is 0 Å². The van der Waals surface area contributed by atoms with Gasteiger partial charge in [0, 0.05) is 19.3 Å². The number of hydrogen-bond donors (Lipinski definition) is 1. The standard InChI is InChI=1S/C23H28N4O2S2/c1-4-6-7-8-9-13-27-22(29)18(31-23(27)30)15-17-19(24-12-5-2)25-20-16(3)11-10-14-26(20)21(17)28/h5,10-11,14-15,24H,2,4,6-9,12-13H2,1,3H3. The van der Waals surface area contributed by atoms with E-state index in [1.807, 2.05) is 19.1 Å². The fourth-order valence-electron chi connectivity index (χ4n) is 3.44. The second-order valence-electron chi connectivity index (χ2n) is 7.48. The molecule has 1 amide bonds. The molecule has 0 aromatic carbocycles. The highest BCUT2D eigenvalue weighted by molar-refractivity contribution is 8.26. The fourth-order valence-corrected chi connectivity index (χ4v) is 4.73. The largest absolute Gasteiger partial charge is 0.366 e. The molecule has 3 rings (SSSR count). The molecule has 1 aliphatic heterocycles. The lowest BCUT2D eigenvalue weighted by Crippen LogP contribution is -2.29. The van der Waals surface area contributed by atoms with Crippen molar-refractivity contribution in [1.82, 2.24) is 14.3 Å². The summed E-state index contributed by atoms with van der Waals surface area (Å²) < 4.78 is 2.05. The molecule has 0 atom stereocenters. The highest BCUT2D eigenvalue weighted by Crippen LogP contribution is 2.33. The van der Waals surface area contributed by atoms with Gasteiger partial charge in [-0.05, 0) is 31.1 Å². The van der Waals surface area contributed by atoms with Crippen LogP contribution in [0.5, 0.6) is 0 Å². The van der Waals surface area contributed by atoms with Gasteiger partial charge in [-0.3, -0.25) is 18.9 Å². The number of nitrogens with zero attached hydrogens (tertiary/aromatic N) is 3. The summed E-state index contributed by atoms with van der Waals surface area (Å²) >= 11 is 6.68. The Balaban J connectivity index is 1.93. The maximum absolute atomic E-state index is 13.2. The highest BCUT2D eigenvalue weighted by Gasteiger charge is 2.32. The number of aryl methyl sites for hydroxylation is 1. The zero-order valence-electron chi connectivity index (χ0n) is 18.0. The molecule has 0 radical (unpaired) electrons. The second kappa shape index (κ2) is 10.7. The minimum atomic E-state index is -0.231. The third kappa shape index (κ3) is 5.25. The van der Waals surface area contributed by atoms with Gasteiger partial charge in [0.1, 0.15) is 15.8 Å². The molecule has 0 bridgehead atoms. The monoisotopic (exact) mass is 456 g/mol. The molecule has 31 heavy (non-hydrogen) atoms. The fraction of sp³-hybridized carbons (Fsp3) is 0.391. The van der Waals surface area contributed by atoms with Gasteiger partial charge in [0.25, 0.3) is 11.5 Å². The molecule has 8 heteroatoms. The van der Waals surface area contributed by atoms with Crippen LogP contribution < -0.4 is 10.9 Å². The summed E-state index contributed by atoms with van der Waals surface area (Å²) in [5.74, 6) is 0.290. The van der Waals surface area contributed by atoms with E-state index in [1.54, 1.807) is 23.2 Å². The summed E-state index contributed by atoms with van der Waals surface area (Å²) in [6, 6.07) is 3.72. The van der Waals surface area contributed by atoms with Crippen molar-refractivity contribution >= 4 is 51.7 Å². The molecule has 6 nitrogen and oxygen atoms in total. The number of nitrogens with one attached hydrogen (secondary N) is 1. The average molecular weight is 457 g/mol. The number of anilines is 1. The molecular formula is C23H28N4O2S2. The Morgan fingerprint density at radius 1 is 1.26 bits per heavy atom. The molecule has 3 heterocycles. The number of unbranched alkanes of at least 4 members (excludes halogenated alkanes) is 4. The van der Waals surface area contributed by atoms with E-state index in [9.17, 15) is 9.59 Å². The molecule has 1 saturated heterocycles. The molecular weight excluding hydrogens is 428 g/mol. The SMILES string of the molecule is C=CCNc1nc2c(C)cccn2c(=O)c1C=C1SC(=S)N(CCCCCCC)C1=O. The topological polar surface area (TPSA) is 66.7 Å². The van der Waals surface area contributed by atoms with Gasteiger partial charge in [-0.1, -0.05) is 68.7 Å². The number of aromatic nitrogens is 2. The van der Waals surface area contributed by atoms with Gasteiger partial charge in [0.05, 0.1) is 10.5 Å². The van der Waals surface area contributed by atoms with Gasteiger partial charge in [-0.2, -0.15) is 0 Å². The first kappa shape index (κ1) is 23.2. The molecule has 0 spiro atoms. The van der Waals surface area contributed by atoms with E-state index in [2.05, 4.69) is 23.8 Å². The van der Waals surface area contributed by atoms with Crippen LogP contribution >= 0.6 is 24.0 Å². The van der Waals surface area contributed by atoms with Gasteiger partial charge in [0.2, 0.25) is 0 Å². The van der Waals surface area contributed by atoms with Crippen LogP contribution in [0.2, 0.25) is 0 Å². The quantitative estimate of drug-likeness (QED) is 0.240. The Labute approximate surface area is 192 Å². The first-order valence-electron chi connectivity index (χ1n) is 10.6. The summed E-state index contributed by atoms with van der Waals surface area (Å²) in [7, 11) is 0. The highest BCUT2D eigenvalue weighted by atomic mass is 32.2. The molecule has 2 aromatic rings. The Morgan fingerprint density at radius 2 is 2.03 bits per heavy atom. The first-order chi connectivity index (χ1) is 15.0. The minimum Gasteiger partial charge on any atom is -0.366 e. The molecule has 164 valence electrons. The van der Waals surface area contributed by atoms with E-state index >= 15 is 0 Å². The van der Waals surface area contributed by atoms with Crippen LogP contribution in [0, 0.1) is 6.92 Å². The lowest BCUT2D eigenvalue weighted by Gasteiger charge is -2.14. The van der Waals surface area contributed by atoms with Crippen LogP contribution in [-0.2, 0) is 4.79 Å². The van der Waals surface area contributed by atoms with E-state index in [0.717, 1.165) is 18.4 Å². The lowest BCUT2D eigenvalue weighted by atomic mass is 10.1. The summed E-state index contributed by atoms with van der Waals surface area (Å²) in [6.45, 7) is 8.87. The van der Waals surface area contributed by atoms with Gasteiger partial charge < -0.3 is 5.32 Å². The van der Waals surface area contributed by atoms with Gasteiger partial charge in [-0.15, -0.1) is 6.58 Å². The van der Waals surface area contributed by atoms with Crippen LogP contribution in [0.3, 0.4) is 0 Å². The number of rotatable bonds is 10. The number of fused-ring (bicyclic) bond motifs is 1. The predicted octanol–water partition coefficient (Wildman–Crippen LogP) is 4.77. The zero-order valence-corrected chi connectivity index (χ0v) is 19.7. The third-order valence-corrected chi connectivity index (χ3v) is 6.51. The Morgan fingerprint density at radius 3 is 2.77 bits per heavy atom. The normalized spacial score (nSPS) is 15.3.